The molecule has 27 heavy (non-hydrogen) atoms. The highest BCUT2D eigenvalue weighted by atomic mass is 35.5. The molecule has 2 aromatic rings. The molecule has 1 aliphatic heterocycles. The second-order valence-corrected chi connectivity index (χ2v) is 6.95. The van der Waals surface area contributed by atoms with Gasteiger partial charge in [0.1, 0.15) is 11.7 Å². The van der Waals surface area contributed by atoms with E-state index in [9.17, 15) is 9.59 Å². The molecule has 1 fully saturated rings. The number of methoxy groups -OCH3 is 1. The van der Waals surface area contributed by atoms with Crippen LogP contribution in [0.5, 0.6) is 0 Å². The molecule has 146 valence electrons. The molecule has 1 aliphatic rings. The van der Waals surface area contributed by atoms with Crippen molar-refractivity contribution >= 4 is 34.9 Å². The number of aromatic nitrogens is 3. The van der Waals surface area contributed by atoms with E-state index in [-0.39, 0.29) is 28.4 Å². The van der Waals surface area contributed by atoms with Crippen LogP contribution < -0.4 is 11.3 Å². The number of aldehydes is 1. The van der Waals surface area contributed by atoms with Crippen molar-refractivity contribution in [1.82, 2.24) is 14.5 Å². The summed E-state index contributed by atoms with van der Waals surface area (Å²) in [6, 6.07) is 0. The van der Waals surface area contributed by atoms with Gasteiger partial charge in [0.15, 0.2) is 5.65 Å². The van der Waals surface area contributed by atoms with Crippen molar-refractivity contribution < 1.29 is 14.3 Å². The van der Waals surface area contributed by atoms with Crippen LogP contribution in [0, 0.1) is 18.3 Å². The van der Waals surface area contributed by atoms with E-state index in [0.29, 0.717) is 18.7 Å². The smallest absolute Gasteiger partial charge is 0.263 e. The Hall–Kier alpha value is -2.34. The molecular formula is C18H23ClN4O4. The van der Waals surface area contributed by atoms with Crippen molar-refractivity contribution in [1.29, 1.82) is 0 Å². The van der Waals surface area contributed by atoms with Gasteiger partial charge >= 0.3 is 0 Å². The predicted molar refractivity (Wildman–Crippen MR) is 103 cm³/mol. The maximum absolute atomic E-state index is 12.0. The van der Waals surface area contributed by atoms with Crippen molar-refractivity contribution in [3.05, 3.63) is 21.6 Å². The first-order valence-electron chi connectivity index (χ1n) is 8.44. The van der Waals surface area contributed by atoms with Crippen molar-refractivity contribution in [2.75, 3.05) is 19.5 Å². The number of nitrogen functional groups attached to an aromatic ring is 1. The molecule has 3 heterocycles. The van der Waals surface area contributed by atoms with Crippen molar-refractivity contribution in [3.63, 3.8) is 0 Å². The van der Waals surface area contributed by atoms with Crippen LogP contribution in [0.25, 0.3) is 11.0 Å². The quantitative estimate of drug-likeness (QED) is 0.605. The summed E-state index contributed by atoms with van der Waals surface area (Å²) >= 11 is 6.16. The molecule has 3 rings (SSSR count). The number of nitrogens with one attached hydrogen (secondary N) is 1. The van der Waals surface area contributed by atoms with Gasteiger partial charge in [0.25, 0.3) is 5.56 Å². The fourth-order valence-corrected chi connectivity index (χ4v) is 3.06. The van der Waals surface area contributed by atoms with E-state index in [4.69, 9.17) is 33.2 Å². The third-order valence-corrected chi connectivity index (χ3v) is 4.32. The Balaban J connectivity index is 0.000000465. The highest BCUT2D eigenvalue weighted by Crippen LogP contribution is 2.38. The van der Waals surface area contributed by atoms with Gasteiger partial charge in [0.05, 0.1) is 17.7 Å². The summed E-state index contributed by atoms with van der Waals surface area (Å²) < 4.78 is 12.7. The summed E-state index contributed by atoms with van der Waals surface area (Å²) in [5.74, 6) is 2.86. The molecule has 9 heteroatoms. The number of ether oxygens (including phenoxy) is 2. The van der Waals surface area contributed by atoms with Crippen molar-refractivity contribution in [2.24, 2.45) is 5.92 Å². The Morgan fingerprint density at radius 2 is 2.33 bits per heavy atom. The minimum Gasteiger partial charge on any atom is -0.382 e. The number of fused-ring (bicyclic) bond motifs is 1. The summed E-state index contributed by atoms with van der Waals surface area (Å²) in [4.78, 5) is 28.1. The average Bonchev–Trinajstić information content (AvgIpc) is 3.18. The Morgan fingerprint density at radius 1 is 1.67 bits per heavy atom. The van der Waals surface area contributed by atoms with Crippen molar-refractivity contribution in [2.45, 2.75) is 38.5 Å². The van der Waals surface area contributed by atoms with Crippen LogP contribution in [0.1, 0.15) is 26.7 Å². The standard InChI is InChI=1S/C14H15ClN4O3.C4H8O/c1-3-14(5-4-8(22-14)7-21-2)19-6-9(15)10-11(19)17-13(16)18-12(10)20;1-4(2)3-5/h1,6,8H,4-5,7H2,2H3,(H3,16,17,18,20);3-4H,1-2H3. The van der Waals surface area contributed by atoms with Gasteiger partial charge in [0.2, 0.25) is 11.7 Å². The molecule has 2 atom stereocenters. The number of aromatic amines is 1. The van der Waals surface area contributed by atoms with E-state index in [1.54, 1.807) is 17.9 Å². The molecule has 2 unspecified atom stereocenters. The maximum atomic E-state index is 12.0. The number of halogens is 1. The number of hydrogen-bond donors (Lipinski definition) is 2. The molecule has 8 nitrogen and oxygen atoms in total. The average molecular weight is 395 g/mol. The van der Waals surface area contributed by atoms with E-state index in [1.807, 2.05) is 13.8 Å². The van der Waals surface area contributed by atoms with Gasteiger partial charge in [-0.1, -0.05) is 25.4 Å². The third-order valence-electron chi connectivity index (χ3n) is 4.03. The normalized spacial score (nSPS) is 21.7. The number of anilines is 1. The first-order chi connectivity index (χ1) is 12.8. The molecule has 2 aromatic heterocycles. The Bertz CT molecular complexity index is 914. The SMILES string of the molecule is C#CC1(n2cc(Cl)c3c(=O)[nH]c(N)nc32)CCC(COC)O1.CC(C)C=O. The molecular weight excluding hydrogens is 372 g/mol. The van der Waals surface area contributed by atoms with E-state index in [0.717, 1.165) is 12.7 Å². The van der Waals surface area contributed by atoms with Gasteiger partial charge in [-0.25, -0.2) is 0 Å². The number of carbonyl (C=O) groups excluding carboxylic acids is 1. The summed E-state index contributed by atoms with van der Waals surface area (Å²) in [5, 5.41) is 0.487. The van der Waals surface area contributed by atoms with Gasteiger partial charge in [-0.05, 0) is 12.3 Å². The van der Waals surface area contributed by atoms with Gasteiger partial charge in [-0.3, -0.25) is 14.3 Å². The Labute approximate surface area is 162 Å². The minimum atomic E-state index is -1.05. The molecule has 0 amide bonds. The largest absolute Gasteiger partial charge is 0.382 e. The summed E-state index contributed by atoms with van der Waals surface area (Å²) in [7, 11) is 1.60. The van der Waals surface area contributed by atoms with Crippen LogP contribution in [0.2, 0.25) is 5.02 Å². The number of terminal acetylenes is 1. The van der Waals surface area contributed by atoms with E-state index in [1.165, 1.54) is 0 Å². The van der Waals surface area contributed by atoms with Crippen LogP contribution in [-0.4, -0.2) is 40.6 Å². The van der Waals surface area contributed by atoms with Gasteiger partial charge in [-0.15, -0.1) is 6.42 Å². The molecule has 1 saturated heterocycles. The lowest BCUT2D eigenvalue weighted by atomic mass is 10.1. The minimum absolute atomic E-state index is 0.00729. The number of nitrogens with two attached hydrogens (primary N) is 1. The number of carbonyl (C=O) groups is 1. The Kier molecular flexibility index (Phi) is 6.65. The lowest BCUT2D eigenvalue weighted by Gasteiger charge is -2.26. The highest BCUT2D eigenvalue weighted by Gasteiger charge is 2.42. The summed E-state index contributed by atoms with van der Waals surface area (Å²) in [6.45, 7) is 4.15. The number of H-pyrrole nitrogens is 1. The van der Waals surface area contributed by atoms with Crippen LogP contribution in [-0.2, 0) is 20.0 Å². The molecule has 0 radical (unpaired) electrons. The third kappa shape index (κ3) is 4.33. The summed E-state index contributed by atoms with van der Waals surface area (Å²) in [5.41, 5.74) is 4.47. The lowest BCUT2D eigenvalue weighted by Crippen LogP contribution is -2.33. The topological polar surface area (TPSA) is 112 Å². The zero-order chi connectivity index (χ0) is 20.2. The fraction of sp³-hybridized carbons (Fsp3) is 0.500. The number of rotatable bonds is 4. The highest BCUT2D eigenvalue weighted by molar-refractivity contribution is 6.35. The molecule has 0 aliphatic carbocycles. The van der Waals surface area contributed by atoms with E-state index >= 15 is 0 Å². The van der Waals surface area contributed by atoms with Crippen LogP contribution >= 0.6 is 11.6 Å². The predicted octanol–water partition coefficient (Wildman–Crippen LogP) is 1.91. The van der Waals surface area contributed by atoms with E-state index < -0.39 is 11.3 Å². The number of nitrogens with zero attached hydrogens (tertiary/aromatic N) is 2. The molecule has 0 spiro atoms. The van der Waals surface area contributed by atoms with Crippen molar-refractivity contribution in [3.8, 4) is 12.3 Å². The second kappa shape index (κ2) is 8.57. The second-order valence-electron chi connectivity index (χ2n) is 6.54. The van der Waals surface area contributed by atoms with Gasteiger partial charge < -0.3 is 20.0 Å². The molecule has 3 N–H and O–H groups in total. The van der Waals surface area contributed by atoms with Crippen LogP contribution in [0.15, 0.2) is 11.0 Å². The molecule has 0 saturated carbocycles. The van der Waals surface area contributed by atoms with Gasteiger partial charge in [0, 0.05) is 25.6 Å². The van der Waals surface area contributed by atoms with Crippen LogP contribution in [0.3, 0.4) is 0 Å². The zero-order valence-corrected chi connectivity index (χ0v) is 16.2. The summed E-state index contributed by atoms with van der Waals surface area (Å²) in [6.07, 6.45) is 9.35. The maximum Gasteiger partial charge on any atom is 0.263 e. The molecule has 0 bridgehead atoms. The molecule has 0 aromatic carbocycles. The van der Waals surface area contributed by atoms with E-state index in [2.05, 4.69) is 15.9 Å². The Morgan fingerprint density at radius 3 is 2.89 bits per heavy atom. The number of hydrogen-bond acceptors (Lipinski definition) is 6. The lowest BCUT2D eigenvalue weighted by molar-refractivity contribution is -0.110. The van der Waals surface area contributed by atoms with Gasteiger partial charge in [-0.2, -0.15) is 4.98 Å². The first kappa shape index (κ1) is 21.0. The monoisotopic (exact) mass is 394 g/mol. The zero-order valence-electron chi connectivity index (χ0n) is 15.5. The fourth-order valence-electron chi connectivity index (χ4n) is 2.79. The van der Waals surface area contributed by atoms with Crippen LogP contribution in [0.4, 0.5) is 5.95 Å². The first-order valence-corrected chi connectivity index (χ1v) is 8.82.